The van der Waals surface area contributed by atoms with Gasteiger partial charge in [0.15, 0.2) is 0 Å². The summed E-state index contributed by atoms with van der Waals surface area (Å²) in [5.74, 6) is -2.75. The number of nitrogens with zero attached hydrogens (tertiary/aromatic N) is 3. The Labute approximate surface area is 140 Å². The molecule has 0 bridgehead atoms. The minimum absolute atomic E-state index is 0.120. The molecule has 2 aliphatic heterocycles. The molecule has 2 amide bonds. The van der Waals surface area contributed by atoms with Crippen LogP contribution in [0, 0.1) is 5.41 Å². The molecule has 24 heavy (non-hydrogen) atoms. The molecule has 3 fully saturated rings. The second-order valence-electron chi connectivity index (χ2n) is 7.26. The zero-order valence-electron chi connectivity index (χ0n) is 13.5. The van der Waals surface area contributed by atoms with E-state index in [1.165, 1.54) is 0 Å². The Kier molecular flexibility index (Phi) is 3.62. The maximum atomic E-state index is 14.8. The lowest BCUT2D eigenvalue weighted by Crippen LogP contribution is -2.59. The molecular formula is C17H22F2N4O. The highest BCUT2D eigenvalue weighted by Gasteiger charge is 2.60. The second kappa shape index (κ2) is 5.57. The van der Waals surface area contributed by atoms with Gasteiger partial charge >= 0.3 is 6.03 Å². The van der Waals surface area contributed by atoms with Gasteiger partial charge in [-0.3, -0.25) is 4.98 Å². The first-order chi connectivity index (χ1) is 11.5. The van der Waals surface area contributed by atoms with Crippen LogP contribution in [0.5, 0.6) is 0 Å². The van der Waals surface area contributed by atoms with Crippen LogP contribution >= 0.6 is 0 Å². The van der Waals surface area contributed by atoms with Gasteiger partial charge in [-0.05, 0) is 31.4 Å². The van der Waals surface area contributed by atoms with E-state index in [1.807, 2.05) is 17.0 Å². The number of hydrogen-bond donors (Lipinski definition) is 1. The maximum absolute atomic E-state index is 14.8. The molecule has 0 unspecified atom stereocenters. The molecular weight excluding hydrogens is 314 g/mol. The molecule has 5 nitrogen and oxygen atoms in total. The summed E-state index contributed by atoms with van der Waals surface area (Å²) < 4.78 is 29.5. The van der Waals surface area contributed by atoms with Gasteiger partial charge in [0, 0.05) is 44.8 Å². The number of carbonyl (C=O) groups excluding carboxylic acids is 1. The fraction of sp³-hybridized carbons (Fsp3) is 0.647. The van der Waals surface area contributed by atoms with E-state index in [2.05, 4.69) is 10.3 Å². The van der Waals surface area contributed by atoms with Gasteiger partial charge in [0.05, 0.1) is 17.3 Å². The smallest absolute Gasteiger partial charge is 0.317 e. The first kappa shape index (κ1) is 15.6. The lowest BCUT2D eigenvalue weighted by atomic mass is 9.75. The van der Waals surface area contributed by atoms with Gasteiger partial charge in [0.1, 0.15) is 0 Å². The summed E-state index contributed by atoms with van der Waals surface area (Å²) >= 11 is 0. The van der Waals surface area contributed by atoms with Crippen LogP contribution in [0.2, 0.25) is 0 Å². The summed E-state index contributed by atoms with van der Waals surface area (Å²) in [6, 6.07) is 3.76. The second-order valence-corrected chi connectivity index (χ2v) is 7.26. The number of carbonyl (C=O) groups is 1. The first-order valence-corrected chi connectivity index (χ1v) is 8.57. The average Bonchev–Trinajstić information content (AvgIpc) is 3.28. The monoisotopic (exact) mass is 336 g/mol. The van der Waals surface area contributed by atoms with Crippen LogP contribution in [0.15, 0.2) is 24.5 Å². The van der Waals surface area contributed by atoms with Crippen LogP contribution in [0.1, 0.15) is 25.7 Å². The van der Waals surface area contributed by atoms with E-state index in [0.29, 0.717) is 13.0 Å². The Morgan fingerprint density at radius 2 is 2.08 bits per heavy atom. The molecule has 1 N–H and O–H groups in total. The number of nitrogens with one attached hydrogen (secondary N) is 1. The van der Waals surface area contributed by atoms with E-state index in [-0.39, 0.29) is 38.1 Å². The number of aromatic nitrogens is 1. The molecule has 1 aromatic heterocycles. The number of pyridine rings is 1. The van der Waals surface area contributed by atoms with Gasteiger partial charge in [-0.15, -0.1) is 0 Å². The van der Waals surface area contributed by atoms with E-state index in [1.54, 1.807) is 17.3 Å². The van der Waals surface area contributed by atoms with Crippen molar-refractivity contribution in [3.8, 4) is 0 Å². The molecule has 3 heterocycles. The Balaban J connectivity index is 1.51. The number of urea groups is 1. The lowest BCUT2D eigenvalue weighted by molar-refractivity contribution is -0.149. The standard InChI is InChI=1S/C17H22F2N4O/c18-17(19)6-9-23(15(24)21-13-3-4-13)12-16(17)5-8-22(11-16)14-2-1-7-20-10-14/h1-2,7,10,13H,3-6,8-9,11-12H2,(H,21,24)/t16-/m1/s1. The minimum Gasteiger partial charge on any atom is -0.369 e. The third-order valence-electron chi connectivity index (χ3n) is 5.52. The molecule has 7 heteroatoms. The third-order valence-corrected chi connectivity index (χ3v) is 5.52. The van der Waals surface area contributed by atoms with E-state index in [0.717, 1.165) is 18.5 Å². The van der Waals surface area contributed by atoms with Gasteiger partial charge < -0.3 is 15.1 Å². The SMILES string of the molecule is O=C(NC1CC1)N1CCC(F)(F)[C@@]2(CCN(c3cccnc3)C2)C1. The van der Waals surface area contributed by atoms with Crippen LogP contribution in [0.25, 0.3) is 0 Å². The summed E-state index contributed by atoms with van der Waals surface area (Å²) in [4.78, 5) is 19.9. The third kappa shape index (κ3) is 2.70. The normalized spacial score (nSPS) is 29.1. The summed E-state index contributed by atoms with van der Waals surface area (Å²) in [5, 5.41) is 2.92. The lowest BCUT2D eigenvalue weighted by Gasteiger charge is -2.45. The summed E-state index contributed by atoms with van der Waals surface area (Å²) in [7, 11) is 0. The Morgan fingerprint density at radius 1 is 1.25 bits per heavy atom. The van der Waals surface area contributed by atoms with Crippen molar-refractivity contribution in [3.05, 3.63) is 24.5 Å². The van der Waals surface area contributed by atoms with E-state index >= 15 is 0 Å². The number of piperidine rings is 1. The number of rotatable bonds is 2. The molecule has 2 saturated heterocycles. The van der Waals surface area contributed by atoms with Crippen molar-refractivity contribution in [1.29, 1.82) is 0 Å². The van der Waals surface area contributed by atoms with E-state index in [9.17, 15) is 13.6 Å². The highest BCUT2D eigenvalue weighted by Crippen LogP contribution is 2.50. The minimum atomic E-state index is -2.75. The number of hydrogen-bond acceptors (Lipinski definition) is 3. The number of alkyl halides is 2. The topological polar surface area (TPSA) is 48.5 Å². The van der Waals surface area contributed by atoms with Crippen molar-refractivity contribution in [2.24, 2.45) is 5.41 Å². The molecule has 3 aliphatic rings. The van der Waals surface area contributed by atoms with Gasteiger partial charge in [0.25, 0.3) is 5.92 Å². The molecule has 1 aromatic rings. The van der Waals surface area contributed by atoms with Crippen LogP contribution in [-0.2, 0) is 0 Å². The molecule has 4 rings (SSSR count). The maximum Gasteiger partial charge on any atom is 0.317 e. The van der Waals surface area contributed by atoms with E-state index in [4.69, 9.17) is 0 Å². The van der Waals surface area contributed by atoms with Crippen LogP contribution < -0.4 is 10.2 Å². The van der Waals surface area contributed by atoms with Gasteiger partial charge in [0.2, 0.25) is 0 Å². The quantitative estimate of drug-likeness (QED) is 0.903. The molecule has 1 atom stereocenters. The molecule has 1 aliphatic carbocycles. The number of anilines is 1. The van der Waals surface area contributed by atoms with Crippen molar-refractivity contribution >= 4 is 11.7 Å². The molecule has 1 spiro atoms. The molecule has 1 saturated carbocycles. The molecule has 0 aromatic carbocycles. The highest BCUT2D eigenvalue weighted by atomic mass is 19.3. The predicted octanol–water partition coefficient (Wildman–Crippen LogP) is 2.49. The number of likely N-dealkylation sites (tertiary alicyclic amines) is 1. The Morgan fingerprint density at radius 3 is 2.79 bits per heavy atom. The summed E-state index contributed by atoms with van der Waals surface area (Å²) in [5.41, 5.74) is -0.299. The van der Waals surface area contributed by atoms with Crippen molar-refractivity contribution in [2.45, 2.75) is 37.6 Å². The van der Waals surface area contributed by atoms with Crippen molar-refractivity contribution in [3.63, 3.8) is 0 Å². The van der Waals surface area contributed by atoms with Crippen molar-refractivity contribution in [2.75, 3.05) is 31.1 Å². The van der Waals surface area contributed by atoms with Crippen LogP contribution in [0.3, 0.4) is 0 Å². The predicted molar refractivity (Wildman–Crippen MR) is 86.2 cm³/mol. The molecule has 130 valence electrons. The highest BCUT2D eigenvalue weighted by molar-refractivity contribution is 5.75. The van der Waals surface area contributed by atoms with Gasteiger partial charge in [-0.1, -0.05) is 0 Å². The van der Waals surface area contributed by atoms with E-state index < -0.39 is 11.3 Å². The fourth-order valence-corrected chi connectivity index (χ4v) is 3.83. The van der Waals surface area contributed by atoms with Crippen LogP contribution in [-0.4, -0.2) is 54.1 Å². The zero-order valence-corrected chi connectivity index (χ0v) is 13.5. The number of halogens is 2. The average molecular weight is 336 g/mol. The van der Waals surface area contributed by atoms with Gasteiger partial charge in [-0.25, -0.2) is 13.6 Å². The van der Waals surface area contributed by atoms with Gasteiger partial charge in [-0.2, -0.15) is 0 Å². The summed E-state index contributed by atoms with van der Waals surface area (Å²) in [6.07, 6.45) is 5.51. The van der Waals surface area contributed by atoms with Crippen molar-refractivity contribution < 1.29 is 13.6 Å². The fourth-order valence-electron chi connectivity index (χ4n) is 3.83. The Bertz CT molecular complexity index is 622. The van der Waals surface area contributed by atoms with Crippen LogP contribution in [0.4, 0.5) is 19.3 Å². The first-order valence-electron chi connectivity index (χ1n) is 8.57. The Hall–Kier alpha value is -1.92. The molecule has 0 radical (unpaired) electrons. The van der Waals surface area contributed by atoms with Crippen molar-refractivity contribution in [1.82, 2.24) is 15.2 Å². The largest absolute Gasteiger partial charge is 0.369 e. The zero-order chi connectivity index (χ0) is 16.8. The number of amides is 2. The summed E-state index contributed by atoms with van der Waals surface area (Å²) in [6.45, 7) is 1.08.